The lowest BCUT2D eigenvalue weighted by atomic mass is 10.4. The summed E-state index contributed by atoms with van der Waals surface area (Å²) in [5, 5.41) is 0. The van der Waals surface area contributed by atoms with E-state index < -0.39 is 16.2 Å². The van der Waals surface area contributed by atoms with Crippen molar-refractivity contribution in [2.45, 2.75) is 6.10 Å². The summed E-state index contributed by atoms with van der Waals surface area (Å²) in [6.45, 7) is -0.325. The molecule has 0 radical (unpaired) electrons. The third kappa shape index (κ3) is 7.50. The Morgan fingerprint density at radius 1 is 1.14 bits per heavy atom. The van der Waals surface area contributed by atoms with E-state index in [-0.39, 0.29) is 26.2 Å². The van der Waals surface area contributed by atoms with Crippen molar-refractivity contribution < 1.29 is 31.7 Å². The van der Waals surface area contributed by atoms with Gasteiger partial charge in [-0.2, -0.15) is 8.42 Å². The van der Waals surface area contributed by atoms with Gasteiger partial charge in [-0.05, 0) is 0 Å². The number of hydrogen-bond acceptors (Lipinski definition) is 7. The maximum Gasteiger partial charge on any atom is 0.293 e. The molecule has 82 valence electrons. The number of ether oxygens (including phenoxy) is 2. The third-order valence-electron chi connectivity index (χ3n) is 1.01. The van der Waals surface area contributed by atoms with Crippen molar-refractivity contribution >= 4 is 23.1 Å². The summed E-state index contributed by atoms with van der Waals surface area (Å²) in [7, 11) is -3.68. The topological polar surface area (TPSA) is 96.0 Å². The van der Waals surface area contributed by atoms with Crippen LogP contribution in [-0.4, -0.2) is 46.9 Å². The molecule has 8 heteroatoms. The second-order valence-electron chi connectivity index (χ2n) is 2.28. The molecule has 0 fully saturated rings. The zero-order valence-electron chi connectivity index (χ0n) is 7.41. The average molecular weight is 226 g/mol. The molecule has 0 aromatic carbocycles. The van der Waals surface area contributed by atoms with Crippen molar-refractivity contribution in [2.24, 2.45) is 0 Å². The SMILES string of the molecule is CS(=O)(=O)OC(COC=O)COC=O. The first-order valence-electron chi connectivity index (χ1n) is 3.48. The highest BCUT2D eigenvalue weighted by atomic mass is 32.2. The lowest BCUT2D eigenvalue weighted by Crippen LogP contribution is -2.27. The predicted molar refractivity (Wildman–Crippen MR) is 43.7 cm³/mol. The number of carbonyl (C=O) groups excluding carboxylic acids is 2. The van der Waals surface area contributed by atoms with Crippen LogP contribution in [0.3, 0.4) is 0 Å². The Morgan fingerprint density at radius 2 is 1.57 bits per heavy atom. The molecule has 14 heavy (non-hydrogen) atoms. The fraction of sp³-hybridized carbons (Fsp3) is 0.667. The minimum absolute atomic E-state index is 0.138. The van der Waals surface area contributed by atoms with E-state index in [0.717, 1.165) is 6.26 Å². The van der Waals surface area contributed by atoms with Gasteiger partial charge in [0.15, 0.2) is 0 Å². The minimum atomic E-state index is -3.68. The molecule has 0 bridgehead atoms. The van der Waals surface area contributed by atoms with Crippen molar-refractivity contribution in [2.75, 3.05) is 19.5 Å². The van der Waals surface area contributed by atoms with E-state index >= 15 is 0 Å². The van der Waals surface area contributed by atoms with Gasteiger partial charge in [0.05, 0.1) is 6.26 Å². The first-order valence-corrected chi connectivity index (χ1v) is 5.30. The van der Waals surface area contributed by atoms with E-state index in [4.69, 9.17) is 0 Å². The first-order chi connectivity index (χ1) is 6.49. The van der Waals surface area contributed by atoms with Gasteiger partial charge < -0.3 is 9.47 Å². The summed E-state index contributed by atoms with van der Waals surface area (Å²) >= 11 is 0. The second kappa shape index (κ2) is 6.33. The predicted octanol–water partition coefficient (Wildman–Crippen LogP) is -1.32. The molecule has 0 aliphatic heterocycles. The number of carbonyl (C=O) groups is 2. The van der Waals surface area contributed by atoms with E-state index in [0.29, 0.717) is 0 Å². The Labute approximate surface area is 81.1 Å². The summed E-state index contributed by atoms with van der Waals surface area (Å²) in [4.78, 5) is 19.6. The Bertz CT molecular complexity index is 258. The van der Waals surface area contributed by atoms with Crippen molar-refractivity contribution in [1.82, 2.24) is 0 Å². The van der Waals surface area contributed by atoms with Crippen LogP contribution in [0.15, 0.2) is 0 Å². The smallest absolute Gasteiger partial charge is 0.293 e. The van der Waals surface area contributed by atoms with E-state index in [1.54, 1.807) is 0 Å². The van der Waals surface area contributed by atoms with E-state index in [9.17, 15) is 18.0 Å². The van der Waals surface area contributed by atoms with Crippen molar-refractivity contribution in [3.8, 4) is 0 Å². The van der Waals surface area contributed by atoms with Crippen LogP contribution in [-0.2, 0) is 33.4 Å². The normalized spacial score (nSPS) is 11.0. The highest BCUT2D eigenvalue weighted by molar-refractivity contribution is 7.86. The molecule has 0 atom stereocenters. The molecule has 0 unspecified atom stereocenters. The van der Waals surface area contributed by atoms with Crippen LogP contribution in [0.4, 0.5) is 0 Å². The molecular weight excluding hydrogens is 216 g/mol. The molecule has 0 N–H and O–H groups in total. The minimum Gasteiger partial charge on any atom is -0.465 e. The summed E-state index contributed by atoms with van der Waals surface area (Å²) in [6, 6.07) is 0. The van der Waals surface area contributed by atoms with Gasteiger partial charge in [-0.25, -0.2) is 0 Å². The average Bonchev–Trinajstić information content (AvgIpc) is 2.07. The molecule has 0 rings (SSSR count). The lowest BCUT2D eigenvalue weighted by molar-refractivity contribution is -0.135. The largest absolute Gasteiger partial charge is 0.465 e. The Hall–Kier alpha value is -1.15. The monoisotopic (exact) mass is 226 g/mol. The van der Waals surface area contributed by atoms with Gasteiger partial charge in [0, 0.05) is 0 Å². The van der Waals surface area contributed by atoms with Gasteiger partial charge in [0.1, 0.15) is 19.3 Å². The summed E-state index contributed by atoms with van der Waals surface area (Å²) in [6.07, 6.45) is -0.178. The van der Waals surface area contributed by atoms with Gasteiger partial charge in [-0.15, -0.1) is 0 Å². The summed E-state index contributed by atoms with van der Waals surface area (Å²) < 4.78 is 34.3. The first kappa shape index (κ1) is 12.8. The Morgan fingerprint density at radius 3 is 1.86 bits per heavy atom. The fourth-order valence-corrected chi connectivity index (χ4v) is 1.25. The molecule has 0 saturated heterocycles. The van der Waals surface area contributed by atoms with Crippen LogP contribution in [0, 0.1) is 0 Å². The Balaban J connectivity index is 4.09. The van der Waals surface area contributed by atoms with Crippen LogP contribution < -0.4 is 0 Å². The zero-order chi connectivity index (χ0) is 11.0. The standard InChI is InChI=1S/C6H10O7S/c1-14(9,10)13-6(2-11-4-7)3-12-5-8/h4-6H,2-3H2,1H3. The van der Waals surface area contributed by atoms with Gasteiger partial charge in [-0.1, -0.05) is 0 Å². The van der Waals surface area contributed by atoms with Crippen LogP contribution in [0.1, 0.15) is 0 Å². The number of hydrogen-bond donors (Lipinski definition) is 0. The van der Waals surface area contributed by atoms with Crippen molar-refractivity contribution in [3.63, 3.8) is 0 Å². The fourth-order valence-electron chi connectivity index (χ4n) is 0.644. The van der Waals surface area contributed by atoms with Crippen molar-refractivity contribution in [3.05, 3.63) is 0 Å². The van der Waals surface area contributed by atoms with Crippen molar-refractivity contribution in [1.29, 1.82) is 0 Å². The molecular formula is C6H10O7S. The maximum atomic E-state index is 10.7. The molecule has 7 nitrogen and oxygen atoms in total. The van der Waals surface area contributed by atoms with Gasteiger partial charge in [0.2, 0.25) is 0 Å². The highest BCUT2D eigenvalue weighted by Crippen LogP contribution is 1.99. The molecule has 0 amide bonds. The quantitative estimate of drug-likeness (QED) is 0.374. The van der Waals surface area contributed by atoms with Crippen LogP contribution in [0.2, 0.25) is 0 Å². The van der Waals surface area contributed by atoms with Crippen LogP contribution >= 0.6 is 0 Å². The second-order valence-corrected chi connectivity index (χ2v) is 3.88. The van der Waals surface area contributed by atoms with Gasteiger partial charge >= 0.3 is 0 Å². The van der Waals surface area contributed by atoms with Crippen LogP contribution in [0.25, 0.3) is 0 Å². The summed E-state index contributed by atoms with van der Waals surface area (Å²) in [5.74, 6) is 0. The highest BCUT2D eigenvalue weighted by Gasteiger charge is 2.16. The molecule has 0 aliphatic carbocycles. The maximum absolute atomic E-state index is 10.7. The number of rotatable bonds is 8. The molecule has 0 heterocycles. The molecule has 0 aromatic heterocycles. The molecule has 0 saturated carbocycles. The van der Waals surface area contributed by atoms with E-state index in [1.165, 1.54) is 0 Å². The molecule has 0 spiro atoms. The lowest BCUT2D eigenvalue weighted by Gasteiger charge is -2.13. The van der Waals surface area contributed by atoms with Gasteiger partial charge in [0.25, 0.3) is 23.1 Å². The Kier molecular flexibility index (Phi) is 5.81. The molecule has 0 aliphatic rings. The van der Waals surface area contributed by atoms with E-state index in [2.05, 4.69) is 13.7 Å². The zero-order valence-corrected chi connectivity index (χ0v) is 8.23. The molecule has 0 aromatic rings. The van der Waals surface area contributed by atoms with E-state index in [1.807, 2.05) is 0 Å². The third-order valence-corrected chi connectivity index (χ3v) is 1.63. The summed E-state index contributed by atoms with van der Waals surface area (Å²) in [5.41, 5.74) is 0. The van der Waals surface area contributed by atoms with Crippen LogP contribution in [0.5, 0.6) is 0 Å². The van der Waals surface area contributed by atoms with Gasteiger partial charge in [-0.3, -0.25) is 13.8 Å².